The smallest absolute Gasteiger partial charge is 0.387 e. The van der Waals surface area contributed by atoms with Crippen LogP contribution in [0.3, 0.4) is 0 Å². The van der Waals surface area contributed by atoms with Crippen molar-refractivity contribution in [3.8, 4) is 22.8 Å². The third kappa shape index (κ3) is 6.89. The fourth-order valence-corrected chi connectivity index (χ4v) is 6.32. The number of nitrogens with one attached hydrogen (secondary N) is 1. The number of hydrogen-bond donors (Lipinski definition) is 1. The highest BCUT2D eigenvalue weighted by Gasteiger charge is 2.39. The van der Waals surface area contributed by atoms with Gasteiger partial charge in [0.05, 0.1) is 23.5 Å². The van der Waals surface area contributed by atoms with Crippen LogP contribution in [0.15, 0.2) is 49.1 Å². The predicted octanol–water partition coefficient (Wildman–Crippen LogP) is 3.42. The van der Waals surface area contributed by atoms with Gasteiger partial charge in [-0.15, -0.1) is 10.2 Å². The molecule has 1 aliphatic heterocycles. The first-order chi connectivity index (χ1) is 23.6. The first-order valence-electron chi connectivity index (χ1n) is 15.5. The molecule has 2 unspecified atom stereocenters. The maximum Gasteiger partial charge on any atom is 0.387 e. The summed E-state index contributed by atoms with van der Waals surface area (Å²) >= 11 is 0. The van der Waals surface area contributed by atoms with Crippen LogP contribution in [-0.2, 0) is 6.54 Å². The molecule has 4 aromatic heterocycles. The molecule has 1 amide bonds. The van der Waals surface area contributed by atoms with Crippen LogP contribution >= 0.6 is 0 Å². The largest absolute Gasteiger partial charge is 0.435 e. The second-order valence-corrected chi connectivity index (χ2v) is 12.1. The molecule has 0 radical (unpaired) electrons. The van der Waals surface area contributed by atoms with Gasteiger partial charge in [-0.25, -0.2) is 9.50 Å². The number of halogens is 4. The van der Waals surface area contributed by atoms with E-state index in [4.69, 9.17) is 0 Å². The molecule has 5 aromatic rings. The third-order valence-corrected chi connectivity index (χ3v) is 8.80. The van der Waals surface area contributed by atoms with Crippen LogP contribution < -0.4 is 14.8 Å². The van der Waals surface area contributed by atoms with Gasteiger partial charge in [0.2, 0.25) is 0 Å². The monoisotopic (exact) mass is 684 g/mol. The first-order valence-corrected chi connectivity index (χ1v) is 15.5. The minimum Gasteiger partial charge on any atom is -0.435 e. The topological polar surface area (TPSA) is 146 Å². The molecule has 1 saturated carbocycles. The van der Waals surface area contributed by atoms with E-state index in [1.54, 1.807) is 17.1 Å². The highest BCUT2D eigenvalue weighted by atomic mass is 19.3. The number of likely N-dealkylation sites (tertiary alicyclic amines) is 1. The van der Waals surface area contributed by atoms with E-state index in [0.29, 0.717) is 17.9 Å². The molecule has 7 rings (SSSR count). The number of tetrazole rings is 1. The van der Waals surface area contributed by atoms with Gasteiger partial charge in [0.25, 0.3) is 5.91 Å². The molecule has 1 aliphatic carbocycles. The highest BCUT2D eigenvalue weighted by molar-refractivity contribution is 6.09. The molecule has 19 heteroatoms. The standard InChI is InChI=1S/C30H32F4N12O3/c1-42(2)17-4-5-18(10-17)43-13-19(14-43)46-39-25(38-41-46)16-44-15-23(37-28(47)22-12-36-45-9-3-8-35-27(22)45)26(40-44)21-11-20(48-29(31)32)6-7-24(21)49-30(33)34/h3,6-9,11-12,15,17-19,29-30H,4-5,10,13-14,16H2,1-2H3,(H,37,47). The first kappa shape index (κ1) is 32.4. The van der Waals surface area contributed by atoms with Gasteiger partial charge < -0.3 is 19.7 Å². The highest BCUT2D eigenvalue weighted by Crippen LogP contribution is 2.38. The summed E-state index contributed by atoms with van der Waals surface area (Å²) in [5.41, 5.74) is 0.224. The average Bonchev–Trinajstić information content (AvgIpc) is 3.84. The fourth-order valence-electron chi connectivity index (χ4n) is 6.32. The van der Waals surface area contributed by atoms with Gasteiger partial charge in [-0.1, -0.05) is 0 Å². The van der Waals surface area contributed by atoms with Gasteiger partial charge in [-0.05, 0) is 62.8 Å². The van der Waals surface area contributed by atoms with Crippen molar-refractivity contribution < 1.29 is 31.8 Å². The maximum absolute atomic E-state index is 13.4. The van der Waals surface area contributed by atoms with E-state index in [1.807, 2.05) is 0 Å². The zero-order valence-corrected chi connectivity index (χ0v) is 26.4. The van der Waals surface area contributed by atoms with Crippen molar-refractivity contribution in [3.63, 3.8) is 0 Å². The molecule has 5 heterocycles. The van der Waals surface area contributed by atoms with Crippen LogP contribution in [0.4, 0.5) is 23.2 Å². The Hall–Kier alpha value is -5.17. The van der Waals surface area contributed by atoms with E-state index in [1.165, 1.54) is 34.2 Å². The Kier molecular flexibility index (Phi) is 8.84. The van der Waals surface area contributed by atoms with Gasteiger partial charge in [0, 0.05) is 43.8 Å². The molecule has 49 heavy (non-hydrogen) atoms. The molecule has 0 spiro atoms. The van der Waals surface area contributed by atoms with Crippen molar-refractivity contribution in [1.82, 2.24) is 54.4 Å². The number of carbonyl (C=O) groups excluding carboxylic acids is 1. The molecule has 2 fully saturated rings. The Morgan fingerprint density at radius 2 is 1.90 bits per heavy atom. The summed E-state index contributed by atoms with van der Waals surface area (Å²) in [5, 5.41) is 24.3. The van der Waals surface area contributed by atoms with E-state index in [0.717, 1.165) is 44.1 Å². The number of nitrogens with zero attached hydrogens (tertiary/aromatic N) is 11. The summed E-state index contributed by atoms with van der Waals surface area (Å²) in [6.45, 7) is -4.81. The quantitative estimate of drug-likeness (QED) is 0.193. The number of anilines is 1. The van der Waals surface area contributed by atoms with Crippen molar-refractivity contribution in [3.05, 3.63) is 60.4 Å². The molecule has 2 aliphatic rings. The number of alkyl halides is 4. The molecule has 1 saturated heterocycles. The van der Waals surface area contributed by atoms with Crippen molar-refractivity contribution in [1.29, 1.82) is 0 Å². The summed E-state index contributed by atoms with van der Waals surface area (Å²) in [5.74, 6) is -1.04. The van der Waals surface area contributed by atoms with Gasteiger partial charge >= 0.3 is 13.2 Å². The molecule has 1 N–H and O–H groups in total. The van der Waals surface area contributed by atoms with E-state index in [2.05, 4.69) is 69.3 Å². The van der Waals surface area contributed by atoms with Crippen LogP contribution in [0, 0.1) is 0 Å². The maximum atomic E-state index is 13.4. The van der Waals surface area contributed by atoms with Gasteiger partial charge in [0.15, 0.2) is 11.5 Å². The van der Waals surface area contributed by atoms with Crippen LogP contribution in [0.5, 0.6) is 11.5 Å². The van der Waals surface area contributed by atoms with Gasteiger partial charge in [-0.2, -0.15) is 32.6 Å². The normalized spacial score (nSPS) is 18.6. The minimum atomic E-state index is -3.24. The van der Waals surface area contributed by atoms with Gasteiger partial charge in [0.1, 0.15) is 29.3 Å². The molecular weight excluding hydrogens is 652 g/mol. The second kappa shape index (κ2) is 13.4. The molecule has 1 aromatic carbocycles. The van der Waals surface area contributed by atoms with Gasteiger partial charge in [-0.3, -0.25) is 14.4 Å². The number of fused-ring (bicyclic) bond motifs is 1. The minimum absolute atomic E-state index is 0.0109. The van der Waals surface area contributed by atoms with E-state index in [-0.39, 0.29) is 52.2 Å². The Balaban J connectivity index is 1.15. The van der Waals surface area contributed by atoms with E-state index < -0.39 is 19.1 Å². The Morgan fingerprint density at radius 3 is 2.65 bits per heavy atom. The molecule has 15 nitrogen and oxygen atoms in total. The molecule has 0 bridgehead atoms. The number of ether oxygens (including phenoxy) is 2. The second-order valence-electron chi connectivity index (χ2n) is 12.1. The summed E-state index contributed by atoms with van der Waals surface area (Å²) in [6, 6.07) is 6.01. The van der Waals surface area contributed by atoms with Crippen molar-refractivity contribution in [2.45, 2.75) is 57.2 Å². The summed E-state index contributed by atoms with van der Waals surface area (Å²) in [6.07, 6.45) is 9.33. The van der Waals surface area contributed by atoms with E-state index >= 15 is 0 Å². The predicted molar refractivity (Wildman–Crippen MR) is 165 cm³/mol. The summed E-state index contributed by atoms with van der Waals surface area (Å²) in [4.78, 5) is 23.9. The lowest BCUT2D eigenvalue weighted by atomic mass is 10.0. The Bertz CT molecular complexity index is 1940. The zero-order chi connectivity index (χ0) is 34.2. The number of aromatic nitrogens is 9. The number of hydrogen-bond acceptors (Lipinski definition) is 11. The van der Waals surface area contributed by atoms with Crippen molar-refractivity contribution in [2.24, 2.45) is 0 Å². The Labute approximate surface area is 276 Å². The Morgan fingerprint density at radius 1 is 1.08 bits per heavy atom. The van der Waals surface area contributed by atoms with Crippen LogP contribution in [0.25, 0.3) is 16.9 Å². The third-order valence-electron chi connectivity index (χ3n) is 8.80. The van der Waals surface area contributed by atoms with Crippen LogP contribution in [0.1, 0.15) is 41.5 Å². The van der Waals surface area contributed by atoms with Crippen molar-refractivity contribution >= 4 is 17.2 Å². The average molecular weight is 685 g/mol. The summed E-state index contributed by atoms with van der Waals surface area (Å²) < 4.78 is 65.0. The van der Waals surface area contributed by atoms with Crippen LogP contribution in [-0.4, -0.2) is 113 Å². The van der Waals surface area contributed by atoms with Crippen molar-refractivity contribution in [2.75, 3.05) is 32.5 Å². The molecule has 258 valence electrons. The number of rotatable bonds is 12. The molecule has 2 atom stereocenters. The zero-order valence-electron chi connectivity index (χ0n) is 26.4. The number of amides is 1. The number of carbonyl (C=O) groups is 1. The van der Waals surface area contributed by atoms with Crippen LogP contribution in [0.2, 0.25) is 0 Å². The summed E-state index contributed by atoms with van der Waals surface area (Å²) in [7, 11) is 4.22. The molecular formula is C30H32F4N12O3. The number of benzene rings is 1. The van der Waals surface area contributed by atoms with E-state index in [9.17, 15) is 22.4 Å². The SMILES string of the molecule is CN(C)C1CCC(N2CC(n3nnc(Cn4cc(NC(=O)c5cnn6cccnc56)c(-c5cc(OC(F)F)ccc5OC(F)F)n4)n3)C2)C1. The fraction of sp³-hybridized carbons (Fsp3) is 0.433. The lowest BCUT2D eigenvalue weighted by Gasteiger charge is -2.42. The lowest BCUT2D eigenvalue weighted by molar-refractivity contribution is -0.0526. The lowest BCUT2D eigenvalue weighted by Crippen LogP contribution is -2.52.